The van der Waals surface area contributed by atoms with E-state index in [1.807, 2.05) is 26.0 Å². The molecule has 2 heterocycles. The molecule has 5 atom stereocenters. The molecule has 2 fully saturated rings. The number of fused-ring (bicyclic) bond motifs is 1. The molecule has 8 nitrogen and oxygen atoms in total. The van der Waals surface area contributed by atoms with Crippen LogP contribution in [0.25, 0.3) is 0 Å². The van der Waals surface area contributed by atoms with Crippen molar-refractivity contribution in [2.75, 3.05) is 13.7 Å². The van der Waals surface area contributed by atoms with E-state index in [9.17, 15) is 9.90 Å². The van der Waals surface area contributed by atoms with Gasteiger partial charge in [-0.2, -0.15) is 0 Å². The number of phenolic OH excluding ortho intramolecular Hbond substituents is 1. The summed E-state index contributed by atoms with van der Waals surface area (Å²) in [6.07, 6.45) is -1.76. The number of nitrogens with one attached hydrogen (secondary N) is 1. The van der Waals surface area contributed by atoms with Gasteiger partial charge in [0, 0.05) is 25.3 Å². The van der Waals surface area contributed by atoms with Gasteiger partial charge in [-0.15, -0.1) is 0 Å². The highest BCUT2D eigenvalue weighted by Crippen LogP contribution is 2.39. The molecule has 2 aliphatic heterocycles. The zero-order chi connectivity index (χ0) is 20.3. The van der Waals surface area contributed by atoms with Crippen molar-refractivity contribution in [1.29, 1.82) is 0 Å². The fraction of sp³-hybridized carbons (Fsp3) is 0.650. The number of benzene rings is 1. The number of phenols is 1. The van der Waals surface area contributed by atoms with E-state index in [-0.39, 0.29) is 24.2 Å². The summed E-state index contributed by atoms with van der Waals surface area (Å²) in [4.78, 5) is 12.2. The molecule has 1 unspecified atom stereocenters. The van der Waals surface area contributed by atoms with Crippen LogP contribution in [0.1, 0.15) is 32.8 Å². The Labute approximate surface area is 165 Å². The lowest BCUT2D eigenvalue weighted by atomic mass is 10.00. The average molecular weight is 395 g/mol. The lowest BCUT2D eigenvalue weighted by Gasteiger charge is -2.30. The molecule has 28 heavy (non-hydrogen) atoms. The van der Waals surface area contributed by atoms with Crippen LogP contribution in [0.2, 0.25) is 0 Å². The fourth-order valence-corrected chi connectivity index (χ4v) is 3.70. The third-order valence-corrected chi connectivity index (χ3v) is 4.93. The van der Waals surface area contributed by atoms with Gasteiger partial charge in [0.15, 0.2) is 12.1 Å². The maximum Gasteiger partial charge on any atom is 0.307 e. The van der Waals surface area contributed by atoms with Crippen LogP contribution >= 0.6 is 0 Å². The molecule has 156 valence electrons. The summed E-state index contributed by atoms with van der Waals surface area (Å²) in [6, 6.07) is 6.62. The Morgan fingerprint density at radius 3 is 2.75 bits per heavy atom. The zero-order valence-corrected chi connectivity index (χ0v) is 16.7. The molecule has 1 aromatic rings. The summed E-state index contributed by atoms with van der Waals surface area (Å²) in [5.41, 5.74) is 0.720. The average Bonchev–Trinajstić information content (AvgIpc) is 3.11. The van der Waals surface area contributed by atoms with E-state index in [1.54, 1.807) is 26.2 Å². The summed E-state index contributed by atoms with van der Waals surface area (Å²) in [5.74, 6) is -0.905. The molecule has 0 amide bonds. The van der Waals surface area contributed by atoms with Gasteiger partial charge in [-0.1, -0.05) is 18.2 Å². The van der Waals surface area contributed by atoms with E-state index in [1.165, 1.54) is 0 Å². The van der Waals surface area contributed by atoms with Crippen LogP contribution in [-0.2, 0) is 35.0 Å². The second kappa shape index (κ2) is 8.75. The molecule has 0 aliphatic carbocycles. The lowest BCUT2D eigenvalue weighted by molar-refractivity contribution is -0.220. The van der Waals surface area contributed by atoms with Crippen LogP contribution < -0.4 is 5.32 Å². The van der Waals surface area contributed by atoms with E-state index in [2.05, 4.69) is 5.32 Å². The van der Waals surface area contributed by atoms with Gasteiger partial charge in [0.2, 0.25) is 0 Å². The molecule has 8 heteroatoms. The Balaban J connectivity index is 1.74. The standard InChI is InChI=1S/C20H29NO7/c1-5-25-15(23)10-13(21-11-12-8-6-7-9-14(12)22)16-17(24-4)18-19(26-16)28-20(2,3)27-18/h6-9,13,16-19,21-22H,5,10-11H2,1-4H3/t13?,16-,17+,18-,19-/m0/s1. The molecular weight excluding hydrogens is 366 g/mol. The third kappa shape index (κ3) is 4.64. The van der Waals surface area contributed by atoms with Gasteiger partial charge in [-0.3, -0.25) is 4.79 Å². The third-order valence-electron chi connectivity index (χ3n) is 4.93. The van der Waals surface area contributed by atoms with Crippen molar-refractivity contribution >= 4 is 5.97 Å². The van der Waals surface area contributed by atoms with Gasteiger partial charge >= 0.3 is 5.97 Å². The number of hydrogen-bond donors (Lipinski definition) is 2. The Bertz CT molecular complexity index is 680. The van der Waals surface area contributed by atoms with Gasteiger partial charge in [0.05, 0.1) is 13.0 Å². The second-order valence-electron chi connectivity index (χ2n) is 7.39. The molecule has 0 bridgehead atoms. The van der Waals surface area contributed by atoms with E-state index in [4.69, 9.17) is 23.7 Å². The summed E-state index contributed by atoms with van der Waals surface area (Å²) in [7, 11) is 1.59. The fourth-order valence-electron chi connectivity index (χ4n) is 3.70. The van der Waals surface area contributed by atoms with Crippen molar-refractivity contribution in [3.63, 3.8) is 0 Å². The van der Waals surface area contributed by atoms with Crippen LogP contribution in [0.5, 0.6) is 5.75 Å². The highest BCUT2D eigenvalue weighted by molar-refractivity contribution is 5.70. The first-order chi connectivity index (χ1) is 13.3. The maximum atomic E-state index is 12.2. The minimum absolute atomic E-state index is 0.0921. The van der Waals surface area contributed by atoms with Gasteiger partial charge in [0.25, 0.3) is 0 Å². The molecular formula is C20H29NO7. The van der Waals surface area contributed by atoms with Gasteiger partial charge in [0.1, 0.15) is 24.1 Å². The van der Waals surface area contributed by atoms with Crippen molar-refractivity contribution in [3.05, 3.63) is 29.8 Å². The number of hydrogen-bond acceptors (Lipinski definition) is 8. The van der Waals surface area contributed by atoms with Crippen LogP contribution in [-0.4, -0.2) is 61.2 Å². The molecule has 3 rings (SSSR count). The van der Waals surface area contributed by atoms with Crippen molar-refractivity contribution in [3.8, 4) is 5.75 Å². The smallest absolute Gasteiger partial charge is 0.307 e. The molecule has 0 aromatic heterocycles. The first-order valence-corrected chi connectivity index (χ1v) is 9.54. The van der Waals surface area contributed by atoms with Gasteiger partial charge in [-0.05, 0) is 26.8 Å². The predicted molar refractivity (Wildman–Crippen MR) is 99.5 cm³/mol. The van der Waals surface area contributed by atoms with Crippen LogP contribution in [0.15, 0.2) is 24.3 Å². The first-order valence-electron chi connectivity index (χ1n) is 9.54. The highest BCUT2D eigenvalue weighted by Gasteiger charge is 2.57. The summed E-state index contributed by atoms with van der Waals surface area (Å²) in [6.45, 7) is 6.07. The number of ether oxygens (including phenoxy) is 5. The molecule has 0 saturated carbocycles. The van der Waals surface area contributed by atoms with E-state index < -0.39 is 30.3 Å². The first kappa shape index (κ1) is 21.0. The van der Waals surface area contributed by atoms with Crippen LogP contribution in [0, 0.1) is 0 Å². The van der Waals surface area contributed by atoms with E-state index in [0.29, 0.717) is 13.2 Å². The maximum absolute atomic E-state index is 12.2. The van der Waals surface area contributed by atoms with Crippen molar-refractivity contribution in [1.82, 2.24) is 5.32 Å². The molecule has 0 radical (unpaired) electrons. The monoisotopic (exact) mass is 395 g/mol. The Kier molecular flexibility index (Phi) is 6.57. The molecule has 2 N–H and O–H groups in total. The summed E-state index contributed by atoms with van der Waals surface area (Å²) in [5, 5.41) is 13.3. The zero-order valence-electron chi connectivity index (χ0n) is 16.7. The number of aromatic hydroxyl groups is 1. The molecule has 2 aliphatic rings. The Morgan fingerprint density at radius 1 is 1.32 bits per heavy atom. The number of esters is 1. The van der Waals surface area contributed by atoms with Crippen molar-refractivity contribution < 1.29 is 33.6 Å². The topological polar surface area (TPSA) is 95.5 Å². The van der Waals surface area contributed by atoms with Gasteiger partial charge in [-0.25, -0.2) is 0 Å². The van der Waals surface area contributed by atoms with Crippen LogP contribution in [0.3, 0.4) is 0 Å². The number of carbonyl (C=O) groups is 1. The summed E-state index contributed by atoms with van der Waals surface area (Å²) >= 11 is 0. The minimum Gasteiger partial charge on any atom is -0.508 e. The molecule has 1 aromatic carbocycles. The molecule has 2 saturated heterocycles. The minimum atomic E-state index is -0.753. The lowest BCUT2D eigenvalue weighted by Crippen LogP contribution is -2.49. The largest absolute Gasteiger partial charge is 0.508 e. The second-order valence-corrected chi connectivity index (χ2v) is 7.39. The van der Waals surface area contributed by atoms with Crippen molar-refractivity contribution in [2.45, 2.75) is 70.2 Å². The van der Waals surface area contributed by atoms with Crippen molar-refractivity contribution in [2.24, 2.45) is 0 Å². The summed E-state index contributed by atoms with van der Waals surface area (Å²) < 4.78 is 28.6. The quantitative estimate of drug-likeness (QED) is 0.642. The predicted octanol–water partition coefficient (Wildman–Crippen LogP) is 1.69. The number of rotatable bonds is 8. The van der Waals surface area contributed by atoms with E-state index in [0.717, 1.165) is 5.56 Å². The van der Waals surface area contributed by atoms with Gasteiger partial charge < -0.3 is 34.1 Å². The SMILES string of the molecule is CCOC(=O)CC(NCc1ccccc1O)[C@@H]1O[C@H]2OC(C)(C)O[C@H]2[C@@H]1OC. The number of methoxy groups -OCH3 is 1. The highest BCUT2D eigenvalue weighted by atomic mass is 16.8. The molecule has 0 spiro atoms. The normalized spacial score (nSPS) is 29.4. The Hall–Kier alpha value is -1.71. The van der Waals surface area contributed by atoms with Crippen LogP contribution in [0.4, 0.5) is 0 Å². The Morgan fingerprint density at radius 2 is 2.07 bits per heavy atom. The number of para-hydroxylation sites is 1. The van der Waals surface area contributed by atoms with E-state index >= 15 is 0 Å². The number of carbonyl (C=O) groups excluding carboxylic acids is 1.